The van der Waals surface area contributed by atoms with Gasteiger partial charge in [0.05, 0.1) is 4.92 Å². The van der Waals surface area contributed by atoms with Gasteiger partial charge >= 0.3 is 5.69 Å². The molecule has 2 heterocycles. The van der Waals surface area contributed by atoms with Crippen LogP contribution in [0.25, 0.3) is 0 Å². The first-order valence-electron chi connectivity index (χ1n) is 7.32. The summed E-state index contributed by atoms with van der Waals surface area (Å²) in [6.45, 7) is 6.66. The van der Waals surface area contributed by atoms with E-state index in [1.165, 1.54) is 12.7 Å². The van der Waals surface area contributed by atoms with Crippen LogP contribution in [0.5, 0.6) is 0 Å². The van der Waals surface area contributed by atoms with E-state index in [2.05, 4.69) is 39.6 Å². The molecular weight excluding hydrogens is 272 g/mol. The van der Waals surface area contributed by atoms with Crippen molar-refractivity contribution in [2.75, 3.05) is 17.3 Å². The summed E-state index contributed by atoms with van der Waals surface area (Å²) in [4.78, 5) is 18.9. The van der Waals surface area contributed by atoms with E-state index < -0.39 is 4.92 Å². The molecule has 1 aromatic rings. The first-order chi connectivity index (χ1) is 10.0. The molecule has 1 aliphatic heterocycles. The minimum absolute atomic E-state index is 0.107. The zero-order chi connectivity index (χ0) is 15.4. The van der Waals surface area contributed by atoms with Crippen LogP contribution in [0.4, 0.5) is 17.3 Å². The highest BCUT2D eigenvalue weighted by molar-refractivity contribution is 5.68. The number of nitrogens with zero attached hydrogens (tertiary/aromatic N) is 4. The maximum absolute atomic E-state index is 11.3. The van der Waals surface area contributed by atoms with Crippen LogP contribution in [0.3, 0.4) is 0 Å². The lowest BCUT2D eigenvalue weighted by atomic mass is 10.00. The van der Waals surface area contributed by atoms with Gasteiger partial charge in [-0.15, -0.1) is 0 Å². The minimum Gasteiger partial charge on any atom is -0.364 e. The van der Waals surface area contributed by atoms with E-state index in [0.29, 0.717) is 18.6 Å². The van der Waals surface area contributed by atoms with Gasteiger partial charge in [0.1, 0.15) is 6.33 Å². The molecule has 1 fully saturated rings. The highest BCUT2D eigenvalue weighted by Crippen LogP contribution is 2.31. The largest absolute Gasteiger partial charge is 0.364 e. The van der Waals surface area contributed by atoms with Gasteiger partial charge in [0.15, 0.2) is 0 Å². The molecule has 2 unspecified atom stereocenters. The molecule has 1 aromatic heterocycles. The average Bonchev–Trinajstić information content (AvgIpc) is 2.43. The van der Waals surface area contributed by atoms with Gasteiger partial charge in [0.25, 0.3) is 0 Å². The maximum atomic E-state index is 11.3. The Kier molecular flexibility index (Phi) is 4.89. The van der Waals surface area contributed by atoms with Gasteiger partial charge < -0.3 is 5.32 Å². The van der Waals surface area contributed by atoms with Crippen molar-refractivity contribution in [3.8, 4) is 0 Å². The van der Waals surface area contributed by atoms with Crippen LogP contribution >= 0.6 is 0 Å². The Morgan fingerprint density at radius 3 is 2.52 bits per heavy atom. The van der Waals surface area contributed by atoms with Crippen molar-refractivity contribution in [2.24, 2.45) is 0 Å². The Hall–Kier alpha value is -1.96. The van der Waals surface area contributed by atoms with E-state index in [1.807, 2.05) is 6.92 Å². The zero-order valence-corrected chi connectivity index (χ0v) is 12.7. The predicted molar refractivity (Wildman–Crippen MR) is 81.1 cm³/mol. The summed E-state index contributed by atoms with van der Waals surface area (Å²) in [6.07, 6.45) is 4.65. The highest BCUT2D eigenvalue weighted by atomic mass is 16.6. The zero-order valence-electron chi connectivity index (χ0n) is 12.7. The molecule has 0 aliphatic carbocycles. The lowest BCUT2D eigenvalue weighted by molar-refractivity contribution is -0.383. The number of hydrogen-bond acceptors (Lipinski definition) is 7. The highest BCUT2D eigenvalue weighted by Gasteiger charge is 2.29. The molecule has 116 valence electrons. The molecule has 1 saturated heterocycles. The first kappa shape index (κ1) is 15.4. The molecule has 0 aromatic carbocycles. The van der Waals surface area contributed by atoms with E-state index in [4.69, 9.17) is 0 Å². The fourth-order valence-corrected chi connectivity index (χ4v) is 2.69. The Labute approximate surface area is 124 Å². The second kappa shape index (κ2) is 6.66. The molecule has 0 spiro atoms. The third-order valence-corrected chi connectivity index (χ3v) is 3.78. The van der Waals surface area contributed by atoms with Crippen LogP contribution in [0, 0.1) is 10.1 Å². The quantitative estimate of drug-likeness (QED) is 0.635. The SMILES string of the molecule is CCNc1ncnc(NN2C(C)CCCC2C)c1[N+](=O)[O-]. The lowest BCUT2D eigenvalue weighted by Crippen LogP contribution is -2.47. The van der Waals surface area contributed by atoms with E-state index in [-0.39, 0.29) is 17.3 Å². The van der Waals surface area contributed by atoms with Crippen molar-refractivity contribution in [3.63, 3.8) is 0 Å². The minimum atomic E-state index is -0.445. The third kappa shape index (κ3) is 3.38. The van der Waals surface area contributed by atoms with Crippen LogP contribution in [0.1, 0.15) is 40.0 Å². The van der Waals surface area contributed by atoms with Crippen LogP contribution in [-0.4, -0.2) is 38.5 Å². The Morgan fingerprint density at radius 1 is 1.33 bits per heavy atom. The smallest absolute Gasteiger partial charge is 0.354 e. The number of aromatic nitrogens is 2. The Bertz CT molecular complexity index is 499. The van der Waals surface area contributed by atoms with Gasteiger partial charge in [0, 0.05) is 18.6 Å². The molecule has 0 bridgehead atoms. The van der Waals surface area contributed by atoms with Crippen molar-refractivity contribution >= 4 is 17.3 Å². The Morgan fingerprint density at radius 2 is 1.95 bits per heavy atom. The molecular formula is C13H22N6O2. The second-order valence-corrected chi connectivity index (χ2v) is 5.35. The fourth-order valence-electron chi connectivity index (χ4n) is 2.69. The molecule has 8 nitrogen and oxygen atoms in total. The summed E-state index contributed by atoms with van der Waals surface area (Å²) in [6, 6.07) is 0.622. The number of rotatable bonds is 5. The van der Waals surface area contributed by atoms with Crippen molar-refractivity contribution in [1.29, 1.82) is 0 Å². The van der Waals surface area contributed by atoms with E-state index >= 15 is 0 Å². The molecule has 2 rings (SSSR count). The molecule has 0 saturated carbocycles. The van der Waals surface area contributed by atoms with Crippen LogP contribution in [-0.2, 0) is 0 Å². The molecule has 8 heteroatoms. The number of anilines is 2. The van der Waals surface area contributed by atoms with E-state index in [9.17, 15) is 10.1 Å². The first-order valence-corrected chi connectivity index (χ1v) is 7.32. The summed E-state index contributed by atoms with van der Waals surface area (Å²) < 4.78 is 0. The number of hydrazine groups is 1. The lowest BCUT2D eigenvalue weighted by Gasteiger charge is -2.38. The monoisotopic (exact) mass is 294 g/mol. The second-order valence-electron chi connectivity index (χ2n) is 5.35. The van der Waals surface area contributed by atoms with Crippen molar-refractivity contribution in [3.05, 3.63) is 16.4 Å². The van der Waals surface area contributed by atoms with Gasteiger partial charge in [-0.3, -0.25) is 15.5 Å². The van der Waals surface area contributed by atoms with Gasteiger partial charge in [-0.1, -0.05) is 6.42 Å². The molecule has 0 amide bonds. The molecule has 2 atom stereocenters. The Balaban J connectivity index is 2.30. The van der Waals surface area contributed by atoms with Crippen molar-refractivity contribution in [2.45, 2.75) is 52.1 Å². The van der Waals surface area contributed by atoms with Crippen molar-refractivity contribution in [1.82, 2.24) is 15.0 Å². The predicted octanol–water partition coefficient (Wildman–Crippen LogP) is 2.41. The number of nitro groups is 1. The maximum Gasteiger partial charge on any atom is 0.354 e. The molecule has 2 N–H and O–H groups in total. The van der Waals surface area contributed by atoms with Crippen LogP contribution in [0.2, 0.25) is 0 Å². The summed E-state index contributed by atoms with van der Waals surface area (Å²) in [5.74, 6) is 0.490. The normalized spacial score (nSPS) is 22.8. The summed E-state index contributed by atoms with van der Waals surface area (Å²) >= 11 is 0. The number of piperidine rings is 1. The van der Waals surface area contributed by atoms with Gasteiger partial charge in [-0.2, -0.15) is 0 Å². The van der Waals surface area contributed by atoms with Crippen molar-refractivity contribution < 1.29 is 4.92 Å². The number of nitrogens with one attached hydrogen (secondary N) is 2. The summed E-state index contributed by atoms with van der Waals surface area (Å²) in [5.41, 5.74) is 3.02. The van der Waals surface area contributed by atoms with E-state index in [0.717, 1.165) is 12.8 Å². The molecule has 0 radical (unpaired) electrons. The third-order valence-electron chi connectivity index (χ3n) is 3.78. The summed E-state index contributed by atoms with van der Waals surface area (Å²) in [5, 5.41) is 16.3. The number of hydrogen-bond donors (Lipinski definition) is 2. The van der Waals surface area contributed by atoms with E-state index in [1.54, 1.807) is 0 Å². The van der Waals surface area contributed by atoms with Gasteiger partial charge in [0.2, 0.25) is 11.6 Å². The van der Waals surface area contributed by atoms with Crippen LogP contribution < -0.4 is 10.7 Å². The van der Waals surface area contributed by atoms with Crippen LogP contribution in [0.15, 0.2) is 6.33 Å². The standard InChI is InChI=1S/C13H22N6O2/c1-4-14-12-11(19(20)21)13(16-8-15-12)17-18-9(2)6-5-7-10(18)3/h8-10H,4-7H2,1-3H3,(H2,14,15,16,17). The summed E-state index contributed by atoms with van der Waals surface area (Å²) in [7, 11) is 0. The molecule has 1 aliphatic rings. The molecule has 21 heavy (non-hydrogen) atoms. The topological polar surface area (TPSA) is 96.2 Å². The average molecular weight is 294 g/mol. The van der Waals surface area contributed by atoms with Gasteiger partial charge in [-0.05, 0) is 33.6 Å². The fraction of sp³-hybridized carbons (Fsp3) is 0.692. The van der Waals surface area contributed by atoms with Gasteiger partial charge in [-0.25, -0.2) is 15.0 Å².